The second kappa shape index (κ2) is 13.4. The van der Waals surface area contributed by atoms with Crippen molar-refractivity contribution in [2.24, 2.45) is 0 Å². The molecule has 3 aromatic carbocycles. The van der Waals surface area contributed by atoms with E-state index >= 15 is 4.79 Å². The van der Waals surface area contributed by atoms with Gasteiger partial charge in [-0.2, -0.15) is 9.40 Å². The van der Waals surface area contributed by atoms with Crippen LogP contribution in [-0.2, 0) is 20.4 Å². The first kappa shape index (κ1) is 33.8. The highest BCUT2D eigenvalue weighted by atomic mass is 35.5. The fourth-order valence-corrected chi connectivity index (χ4v) is 7.89. The van der Waals surface area contributed by atoms with Crippen LogP contribution >= 0.6 is 11.6 Å². The average Bonchev–Trinajstić information content (AvgIpc) is 3.35. The maximum Gasteiger partial charge on any atom is 0.318 e. The van der Waals surface area contributed by atoms with Gasteiger partial charge >= 0.3 is 6.03 Å². The summed E-state index contributed by atoms with van der Waals surface area (Å²) in [4.78, 5) is 32.7. The molecule has 1 unspecified atom stereocenters. The number of aromatic nitrogens is 2. The van der Waals surface area contributed by atoms with Crippen molar-refractivity contribution >= 4 is 45.1 Å². The van der Waals surface area contributed by atoms with Gasteiger partial charge in [0, 0.05) is 54.6 Å². The van der Waals surface area contributed by atoms with Crippen LogP contribution in [-0.4, -0.2) is 82.0 Å². The monoisotopic (exact) mass is 706 g/mol. The van der Waals surface area contributed by atoms with E-state index in [1.807, 2.05) is 24.8 Å². The zero-order valence-corrected chi connectivity index (χ0v) is 28.9. The number of halogens is 1. The van der Waals surface area contributed by atoms with E-state index in [0.717, 1.165) is 0 Å². The van der Waals surface area contributed by atoms with Gasteiger partial charge in [0.1, 0.15) is 22.1 Å². The van der Waals surface area contributed by atoms with E-state index in [1.165, 1.54) is 50.6 Å². The molecule has 1 aromatic heterocycles. The molecule has 256 valence electrons. The number of para-hydroxylation sites is 1. The van der Waals surface area contributed by atoms with Crippen LogP contribution in [0.5, 0.6) is 17.2 Å². The van der Waals surface area contributed by atoms with Crippen LogP contribution in [0, 0.1) is 0 Å². The first-order chi connectivity index (χ1) is 23.5. The number of methoxy groups -OCH3 is 2. The number of carbonyl (C=O) groups excluding carboxylic acids is 2. The van der Waals surface area contributed by atoms with Gasteiger partial charge in [0.25, 0.3) is 15.9 Å². The van der Waals surface area contributed by atoms with Crippen molar-refractivity contribution in [1.29, 1.82) is 0 Å². The summed E-state index contributed by atoms with van der Waals surface area (Å²) in [7, 11) is -1.90. The second-order valence-electron chi connectivity index (χ2n) is 11.7. The number of carbonyl (C=O) groups is 2. The Bertz CT molecular complexity index is 1990. The number of sulfonamides is 1. The molecule has 1 atom stereocenters. The van der Waals surface area contributed by atoms with E-state index in [9.17, 15) is 13.2 Å². The molecule has 1 saturated heterocycles. The van der Waals surface area contributed by atoms with Crippen LogP contribution in [0.1, 0.15) is 25.0 Å². The van der Waals surface area contributed by atoms with Gasteiger partial charge in [0.15, 0.2) is 11.4 Å². The molecule has 0 aliphatic carbocycles. The van der Waals surface area contributed by atoms with Gasteiger partial charge in [-0.05, 0) is 62.4 Å². The van der Waals surface area contributed by atoms with Crippen molar-refractivity contribution in [3.05, 3.63) is 95.1 Å². The summed E-state index contributed by atoms with van der Waals surface area (Å²) in [6.07, 6.45) is 1.27. The Labute approximate surface area is 289 Å². The first-order valence-corrected chi connectivity index (χ1v) is 17.3. The lowest BCUT2D eigenvalue weighted by Gasteiger charge is -2.38. The minimum absolute atomic E-state index is 0.0133. The molecular weight excluding hydrogens is 672 g/mol. The van der Waals surface area contributed by atoms with E-state index in [1.54, 1.807) is 41.4 Å². The van der Waals surface area contributed by atoms with Gasteiger partial charge in [0.2, 0.25) is 0 Å². The topological polar surface area (TPSA) is 143 Å². The average molecular weight is 707 g/mol. The van der Waals surface area contributed by atoms with Gasteiger partial charge in [0.05, 0.1) is 26.0 Å². The summed E-state index contributed by atoms with van der Waals surface area (Å²) >= 11 is 6.55. The molecular formula is C34H35ClN6O7S. The number of amides is 3. The Morgan fingerprint density at radius 3 is 2.35 bits per heavy atom. The van der Waals surface area contributed by atoms with E-state index < -0.39 is 27.5 Å². The lowest BCUT2D eigenvalue weighted by atomic mass is 9.83. The zero-order chi connectivity index (χ0) is 34.9. The molecule has 0 radical (unpaired) electrons. The Hall–Kier alpha value is -5.08. The van der Waals surface area contributed by atoms with Crippen LogP contribution < -0.4 is 28.7 Å². The Morgan fingerprint density at radius 1 is 0.918 bits per heavy atom. The summed E-state index contributed by atoms with van der Waals surface area (Å²) in [5.74, 6) is 0.341. The summed E-state index contributed by atoms with van der Waals surface area (Å²) in [5.41, 5.74) is -1.66. The van der Waals surface area contributed by atoms with Gasteiger partial charge in [-0.15, -0.1) is 5.10 Å². The summed E-state index contributed by atoms with van der Waals surface area (Å²) in [6.45, 7) is 5.16. The van der Waals surface area contributed by atoms with Crippen molar-refractivity contribution in [3.8, 4) is 17.2 Å². The highest BCUT2D eigenvalue weighted by Crippen LogP contribution is 2.50. The van der Waals surface area contributed by atoms with Gasteiger partial charge in [-0.1, -0.05) is 29.8 Å². The number of benzene rings is 3. The number of anilines is 2. The largest absolute Gasteiger partial charge is 0.497 e. The third-order valence-electron chi connectivity index (χ3n) is 8.37. The quantitative estimate of drug-likeness (QED) is 0.265. The first-order valence-electron chi connectivity index (χ1n) is 15.5. The molecule has 2 aliphatic heterocycles. The number of piperazine rings is 1. The number of nitrogens with zero attached hydrogens (tertiary/aromatic N) is 5. The number of hydrogen-bond donors (Lipinski definition) is 1. The summed E-state index contributed by atoms with van der Waals surface area (Å²) < 4.78 is 46.7. The molecule has 4 aromatic rings. The Kier molecular flexibility index (Phi) is 9.27. The predicted octanol–water partition coefficient (Wildman–Crippen LogP) is 4.45. The molecule has 13 nitrogen and oxygen atoms in total. The van der Waals surface area contributed by atoms with Crippen molar-refractivity contribution < 1.29 is 32.2 Å². The van der Waals surface area contributed by atoms with Crippen LogP contribution in [0.3, 0.4) is 0 Å². The fourth-order valence-electron chi connectivity index (χ4n) is 6.11. The molecule has 0 spiro atoms. The molecule has 2 aliphatic rings. The molecule has 3 amide bonds. The molecule has 0 bridgehead atoms. The lowest BCUT2D eigenvalue weighted by Crippen LogP contribution is -2.60. The van der Waals surface area contributed by atoms with Crippen LogP contribution in [0.15, 0.2) is 83.9 Å². The number of hydrogen-bond acceptors (Lipinski definition) is 10. The third-order valence-corrected chi connectivity index (χ3v) is 10.3. The van der Waals surface area contributed by atoms with E-state index in [4.69, 9.17) is 25.8 Å². The third kappa shape index (κ3) is 6.06. The molecule has 1 fully saturated rings. The molecule has 0 saturated carbocycles. The lowest BCUT2D eigenvalue weighted by molar-refractivity contribution is -0.121. The number of fused-ring (bicyclic) bond motifs is 1. The number of urea groups is 1. The normalized spacial score (nSPS) is 17.6. The van der Waals surface area contributed by atoms with E-state index in [-0.39, 0.29) is 44.3 Å². The van der Waals surface area contributed by atoms with Crippen molar-refractivity contribution in [2.75, 3.05) is 49.6 Å². The van der Waals surface area contributed by atoms with Crippen LogP contribution in [0.25, 0.3) is 0 Å². The minimum Gasteiger partial charge on any atom is -0.497 e. The minimum atomic E-state index is -4.66. The SMILES string of the molecule is COc1ccc(S(=O)(=O)N2C(=O)C(NC(=O)N3CCN(c4cccnn4)CC3)(c3ccccc3OC(C)C)c3cc(Cl)ccc32)c(OC)c1. The molecule has 3 heterocycles. The maximum atomic E-state index is 15.2. The standard InChI is InChI=1S/C34H35ClN6O7S/c1-22(2)48-28-9-6-5-8-25(28)34(37-33(43)40-18-16-39(17-19-40)31-10-7-15-36-38-31)26-20-23(35)11-13-27(26)41(32(34)42)49(44,45)30-14-12-24(46-3)21-29(30)47-4/h5-15,20-22H,16-19H2,1-4H3,(H,37,43). The second-order valence-corrected chi connectivity index (χ2v) is 13.8. The highest BCUT2D eigenvalue weighted by molar-refractivity contribution is 7.93. The predicted molar refractivity (Wildman–Crippen MR) is 183 cm³/mol. The molecule has 15 heteroatoms. The van der Waals surface area contributed by atoms with Crippen LogP contribution in [0.2, 0.25) is 5.02 Å². The van der Waals surface area contributed by atoms with Gasteiger partial charge < -0.3 is 29.3 Å². The van der Waals surface area contributed by atoms with Crippen molar-refractivity contribution in [3.63, 3.8) is 0 Å². The Morgan fingerprint density at radius 2 is 1.67 bits per heavy atom. The molecule has 1 N–H and O–H groups in total. The van der Waals surface area contributed by atoms with Crippen LogP contribution in [0.4, 0.5) is 16.3 Å². The summed E-state index contributed by atoms with van der Waals surface area (Å²) in [5, 5.41) is 11.3. The number of rotatable bonds is 9. The number of ether oxygens (including phenoxy) is 3. The van der Waals surface area contributed by atoms with E-state index in [0.29, 0.717) is 42.1 Å². The summed E-state index contributed by atoms with van der Waals surface area (Å²) in [6, 6.07) is 18.4. The molecule has 6 rings (SSSR count). The van der Waals surface area contributed by atoms with Gasteiger partial charge in [-0.25, -0.2) is 13.2 Å². The maximum absolute atomic E-state index is 15.2. The zero-order valence-electron chi connectivity index (χ0n) is 27.3. The van der Waals surface area contributed by atoms with Crippen molar-refractivity contribution in [1.82, 2.24) is 20.4 Å². The van der Waals surface area contributed by atoms with Gasteiger partial charge in [-0.3, -0.25) is 4.79 Å². The molecule has 49 heavy (non-hydrogen) atoms. The van der Waals surface area contributed by atoms with Crippen molar-refractivity contribution in [2.45, 2.75) is 30.4 Å². The Balaban J connectivity index is 1.48. The van der Waals surface area contributed by atoms with E-state index in [2.05, 4.69) is 15.5 Å². The number of nitrogens with one attached hydrogen (secondary N) is 1. The smallest absolute Gasteiger partial charge is 0.318 e. The highest BCUT2D eigenvalue weighted by Gasteiger charge is 2.59. The fraction of sp³-hybridized carbons (Fsp3) is 0.294.